The average Bonchev–Trinajstić information content (AvgIpc) is 2.91. The molecule has 2 aliphatic rings. The summed E-state index contributed by atoms with van der Waals surface area (Å²) in [5.41, 5.74) is 1.94. The number of piperazine rings is 1. The van der Waals surface area contributed by atoms with Crippen LogP contribution >= 0.6 is 0 Å². The minimum absolute atomic E-state index is 0.140. The van der Waals surface area contributed by atoms with Crippen LogP contribution in [0, 0.1) is 0 Å². The largest absolute Gasteiger partial charge is 0.378 e. The average molecular weight is 494 g/mol. The molecule has 2 aromatic rings. The predicted octanol–water partition coefficient (Wildman–Crippen LogP) is 1.59. The highest BCUT2D eigenvalue weighted by atomic mass is 16.5. The van der Waals surface area contributed by atoms with Crippen molar-refractivity contribution in [1.29, 1.82) is 0 Å². The highest BCUT2D eigenvalue weighted by Crippen LogP contribution is 2.18. The fourth-order valence-corrected chi connectivity index (χ4v) is 4.49. The van der Waals surface area contributed by atoms with Gasteiger partial charge in [-0.05, 0) is 24.6 Å². The molecule has 9 heteroatoms. The van der Waals surface area contributed by atoms with Crippen molar-refractivity contribution >= 4 is 23.4 Å². The maximum Gasteiger partial charge on any atom is 0.253 e. The first-order chi connectivity index (χ1) is 17.5. The third-order valence-corrected chi connectivity index (χ3v) is 6.65. The van der Waals surface area contributed by atoms with Crippen LogP contribution < -0.4 is 10.6 Å². The Bertz CT molecular complexity index is 1030. The van der Waals surface area contributed by atoms with Crippen LogP contribution in [0.4, 0.5) is 5.69 Å². The summed E-state index contributed by atoms with van der Waals surface area (Å²) >= 11 is 0. The maximum absolute atomic E-state index is 12.9. The molecular weight excluding hydrogens is 458 g/mol. The Hall–Kier alpha value is -3.27. The molecule has 2 heterocycles. The van der Waals surface area contributed by atoms with Gasteiger partial charge in [0.05, 0.1) is 43.6 Å². The van der Waals surface area contributed by atoms with Crippen LogP contribution in [-0.2, 0) is 14.3 Å². The number of nitrogens with zero attached hydrogens (tertiary/aromatic N) is 3. The second-order valence-electron chi connectivity index (χ2n) is 9.25. The zero-order chi connectivity index (χ0) is 25.3. The van der Waals surface area contributed by atoms with E-state index in [-0.39, 0.29) is 30.3 Å². The highest BCUT2D eigenvalue weighted by molar-refractivity contribution is 6.04. The number of rotatable bonds is 8. The molecule has 0 unspecified atom stereocenters. The lowest BCUT2D eigenvalue weighted by Crippen LogP contribution is -2.52. The molecule has 0 radical (unpaired) electrons. The van der Waals surface area contributed by atoms with Gasteiger partial charge in [0.15, 0.2) is 0 Å². The summed E-state index contributed by atoms with van der Waals surface area (Å²) in [7, 11) is 0. The Balaban J connectivity index is 1.25. The Kier molecular flexibility index (Phi) is 9.05. The van der Waals surface area contributed by atoms with Crippen molar-refractivity contribution in [3.8, 4) is 0 Å². The summed E-state index contributed by atoms with van der Waals surface area (Å²) in [5, 5.41) is 5.92. The normalized spacial score (nSPS) is 17.9. The van der Waals surface area contributed by atoms with Gasteiger partial charge in [0, 0.05) is 39.3 Å². The van der Waals surface area contributed by atoms with E-state index in [1.165, 1.54) is 0 Å². The first-order valence-corrected chi connectivity index (χ1v) is 12.5. The maximum atomic E-state index is 12.9. The molecule has 192 valence electrons. The summed E-state index contributed by atoms with van der Waals surface area (Å²) in [4.78, 5) is 44.3. The highest BCUT2D eigenvalue weighted by Gasteiger charge is 2.24. The Labute approximate surface area is 212 Å². The van der Waals surface area contributed by atoms with Gasteiger partial charge in [-0.2, -0.15) is 0 Å². The summed E-state index contributed by atoms with van der Waals surface area (Å²) in [6, 6.07) is 16.6. The van der Waals surface area contributed by atoms with Gasteiger partial charge in [0.2, 0.25) is 11.8 Å². The molecule has 2 N–H and O–H groups in total. The zero-order valence-electron chi connectivity index (χ0n) is 20.8. The van der Waals surface area contributed by atoms with Crippen LogP contribution in [-0.4, -0.2) is 98.0 Å². The lowest BCUT2D eigenvalue weighted by atomic mass is 10.1. The number of hydrogen-bond acceptors (Lipinski definition) is 6. The predicted molar refractivity (Wildman–Crippen MR) is 138 cm³/mol. The van der Waals surface area contributed by atoms with E-state index in [2.05, 4.69) is 20.4 Å². The molecular formula is C27H35N5O4. The second-order valence-corrected chi connectivity index (χ2v) is 9.25. The van der Waals surface area contributed by atoms with Crippen molar-refractivity contribution in [2.45, 2.75) is 13.0 Å². The standard InChI is InChI=1S/C27H35N5O4/c1-21(22-7-3-2-4-8-22)28-27(35)23-9-5-6-10-24(23)29-25(33)19-30-11-13-31(14-12-30)20-26(34)32-15-17-36-18-16-32/h2-10,21H,11-20H2,1H3,(H,28,35)(H,29,33)/t21-/m1/s1. The fraction of sp³-hybridized carbons (Fsp3) is 0.444. The second kappa shape index (κ2) is 12.6. The van der Waals surface area contributed by atoms with Crippen LogP contribution in [0.1, 0.15) is 28.9 Å². The molecule has 0 spiro atoms. The first kappa shape index (κ1) is 25.8. The van der Waals surface area contributed by atoms with Gasteiger partial charge in [-0.1, -0.05) is 42.5 Å². The van der Waals surface area contributed by atoms with Crippen molar-refractivity contribution in [1.82, 2.24) is 20.0 Å². The van der Waals surface area contributed by atoms with Gasteiger partial charge in [0.25, 0.3) is 5.91 Å². The van der Waals surface area contributed by atoms with E-state index in [0.717, 1.165) is 18.7 Å². The molecule has 2 aliphatic heterocycles. The third kappa shape index (κ3) is 7.13. The quantitative estimate of drug-likeness (QED) is 0.580. The molecule has 36 heavy (non-hydrogen) atoms. The van der Waals surface area contributed by atoms with E-state index in [4.69, 9.17) is 4.74 Å². The lowest BCUT2D eigenvalue weighted by molar-refractivity contribution is -0.137. The Morgan fingerprint density at radius 2 is 1.44 bits per heavy atom. The van der Waals surface area contributed by atoms with Crippen molar-refractivity contribution < 1.29 is 19.1 Å². The minimum atomic E-state index is -0.235. The van der Waals surface area contributed by atoms with E-state index >= 15 is 0 Å². The molecule has 2 saturated heterocycles. The number of hydrogen-bond donors (Lipinski definition) is 2. The van der Waals surface area contributed by atoms with E-state index in [0.29, 0.717) is 57.2 Å². The summed E-state index contributed by atoms with van der Waals surface area (Å²) < 4.78 is 5.31. The van der Waals surface area contributed by atoms with Crippen molar-refractivity contribution in [3.05, 3.63) is 65.7 Å². The van der Waals surface area contributed by atoms with E-state index in [9.17, 15) is 14.4 Å². The van der Waals surface area contributed by atoms with Gasteiger partial charge in [-0.25, -0.2) is 0 Å². The van der Waals surface area contributed by atoms with Crippen molar-refractivity contribution in [2.75, 3.05) is 70.9 Å². The number of amides is 3. The molecule has 2 fully saturated rings. The van der Waals surface area contributed by atoms with Gasteiger partial charge in [0.1, 0.15) is 0 Å². The van der Waals surface area contributed by atoms with Gasteiger partial charge >= 0.3 is 0 Å². The fourth-order valence-electron chi connectivity index (χ4n) is 4.49. The molecule has 0 aromatic heterocycles. The number of carbonyl (C=O) groups excluding carboxylic acids is 3. The smallest absolute Gasteiger partial charge is 0.253 e. The number of ether oxygens (including phenoxy) is 1. The minimum Gasteiger partial charge on any atom is -0.378 e. The molecule has 0 aliphatic carbocycles. The molecule has 3 amide bonds. The van der Waals surface area contributed by atoms with Crippen LogP contribution in [0.3, 0.4) is 0 Å². The number of para-hydroxylation sites is 1. The molecule has 2 aromatic carbocycles. The SMILES string of the molecule is C[C@@H](NC(=O)c1ccccc1NC(=O)CN1CCN(CC(=O)N2CCOCC2)CC1)c1ccccc1. The number of morpholine rings is 1. The molecule has 1 atom stereocenters. The zero-order valence-corrected chi connectivity index (χ0v) is 20.8. The van der Waals surface area contributed by atoms with Gasteiger partial charge in [-0.3, -0.25) is 24.2 Å². The molecule has 0 bridgehead atoms. The molecule has 4 rings (SSSR count). The van der Waals surface area contributed by atoms with E-state index < -0.39 is 0 Å². The number of carbonyl (C=O) groups is 3. The van der Waals surface area contributed by atoms with Crippen LogP contribution in [0.2, 0.25) is 0 Å². The third-order valence-electron chi connectivity index (χ3n) is 6.65. The number of benzene rings is 2. The monoisotopic (exact) mass is 493 g/mol. The van der Waals surface area contributed by atoms with Crippen LogP contribution in [0.25, 0.3) is 0 Å². The number of nitrogens with one attached hydrogen (secondary N) is 2. The topological polar surface area (TPSA) is 94.2 Å². The first-order valence-electron chi connectivity index (χ1n) is 12.5. The van der Waals surface area contributed by atoms with Gasteiger partial charge in [-0.15, -0.1) is 0 Å². The molecule has 0 saturated carbocycles. The summed E-state index contributed by atoms with van der Waals surface area (Å²) in [5.74, 6) is -0.258. The van der Waals surface area contributed by atoms with Crippen LogP contribution in [0.5, 0.6) is 0 Å². The van der Waals surface area contributed by atoms with E-state index in [1.54, 1.807) is 24.3 Å². The molecule has 9 nitrogen and oxygen atoms in total. The summed E-state index contributed by atoms with van der Waals surface area (Å²) in [6.45, 7) is 7.98. The Morgan fingerprint density at radius 3 is 2.14 bits per heavy atom. The van der Waals surface area contributed by atoms with Crippen LogP contribution in [0.15, 0.2) is 54.6 Å². The van der Waals surface area contributed by atoms with E-state index in [1.807, 2.05) is 42.2 Å². The lowest BCUT2D eigenvalue weighted by Gasteiger charge is -2.35. The number of anilines is 1. The van der Waals surface area contributed by atoms with Crippen molar-refractivity contribution in [2.24, 2.45) is 0 Å². The van der Waals surface area contributed by atoms with Gasteiger partial charge < -0.3 is 20.3 Å². The Morgan fingerprint density at radius 1 is 0.833 bits per heavy atom. The summed E-state index contributed by atoms with van der Waals surface area (Å²) in [6.07, 6.45) is 0. The van der Waals surface area contributed by atoms with Crippen molar-refractivity contribution in [3.63, 3.8) is 0 Å².